The number of allylic oxidation sites excluding steroid dienone is 1. The van der Waals surface area contributed by atoms with Crippen molar-refractivity contribution in [2.75, 3.05) is 13.1 Å². The molecule has 0 saturated carbocycles. The highest BCUT2D eigenvalue weighted by atomic mass is 32.1. The second-order valence-corrected chi connectivity index (χ2v) is 7.07. The van der Waals surface area contributed by atoms with E-state index in [0.29, 0.717) is 5.11 Å². The molecule has 3 aliphatic heterocycles. The number of rotatable bonds is 1. The molecule has 2 fully saturated rings. The number of hydrogen-bond donors (Lipinski definition) is 4. The quantitative estimate of drug-likeness (QED) is 0.531. The average Bonchev–Trinajstić information content (AvgIpc) is 2.90. The summed E-state index contributed by atoms with van der Waals surface area (Å²) < 4.78 is 0. The van der Waals surface area contributed by atoms with Gasteiger partial charge in [-0.2, -0.15) is 0 Å². The topological polar surface area (TPSA) is 51.4 Å². The minimum atomic E-state index is 0.130. The molecule has 5 nitrogen and oxygen atoms in total. The lowest BCUT2D eigenvalue weighted by Crippen LogP contribution is -2.74. The van der Waals surface area contributed by atoms with Crippen molar-refractivity contribution in [2.24, 2.45) is 5.92 Å². The summed E-state index contributed by atoms with van der Waals surface area (Å²) in [5.41, 5.74) is 3.25. The SMILES string of the molecule is S=C1NC(=S)C2CNC(N3CCC4=C3CCCC4)NC2N1. The summed E-state index contributed by atoms with van der Waals surface area (Å²) in [6.07, 6.45) is 6.76. The fourth-order valence-electron chi connectivity index (χ4n) is 3.91. The van der Waals surface area contributed by atoms with Crippen LogP contribution < -0.4 is 21.3 Å². The Morgan fingerprint density at radius 3 is 2.86 bits per heavy atom. The van der Waals surface area contributed by atoms with Gasteiger partial charge in [0.2, 0.25) is 0 Å². The first-order valence-electron chi connectivity index (χ1n) is 7.81. The predicted octanol–water partition coefficient (Wildman–Crippen LogP) is 0.744. The molecular formula is C14H21N5S2. The summed E-state index contributed by atoms with van der Waals surface area (Å²) in [6, 6.07) is 0. The largest absolute Gasteiger partial charge is 0.347 e. The minimum absolute atomic E-state index is 0.130. The standard InChI is InChI=1S/C14H21N5S2/c20-12-9-7-15-13(16-11(9)17-14(21)18-12)19-6-5-8-3-1-2-4-10(8)19/h9,11,13,15-16H,1-7H2,(H2,17,18,20,21). The molecule has 0 bridgehead atoms. The molecule has 4 rings (SSSR count). The van der Waals surface area contributed by atoms with Crippen LogP contribution in [0, 0.1) is 5.92 Å². The maximum absolute atomic E-state index is 5.41. The zero-order valence-corrected chi connectivity index (χ0v) is 13.6. The third-order valence-electron chi connectivity index (χ3n) is 4.99. The Morgan fingerprint density at radius 1 is 1.10 bits per heavy atom. The Labute approximate surface area is 135 Å². The molecule has 4 aliphatic rings. The van der Waals surface area contributed by atoms with Gasteiger partial charge in [0.25, 0.3) is 0 Å². The monoisotopic (exact) mass is 323 g/mol. The van der Waals surface area contributed by atoms with E-state index in [-0.39, 0.29) is 18.4 Å². The molecule has 0 radical (unpaired) electrons. The minimum Gasteiger partial charge on any atom is -0.347 e. The Hall–Kier alpha value is -0.760. The van der Waals surface area contributed by atoms with E-state index in [4.69, 9.17) is 24.4 Å². The number of hydrogen-bond acceptors (Lipinski definition) is 5. The molecule has 4 N–H and O–H groups in total. The van der Waals surface area contributed by atoms with Crippen LogP contribution in [-0.2, 0) is 0 Å². The highest BCUT2D eigenvalue weighted by molar-refractivity contribution is 7.82. The van der Waals surface area contributed by atoms with Gasteiger partial charge >= 0.3 is 0 Å². The Kier molecular flexibility index (Phi) is 3.61. The first kappa shape index (κ1) is 13.9. The average molecular weight is 323 g/mol. The molecular weight excluding hydrogens is 302 g/mol. The highest BCUT2D eigenvalue weighted by Crippen LogP contribution is 2.35. The van der Waals surface area contributed by atoms with Crippen molar-refractivity contribution in [3.05, 3.63) is 11.3 Å². The Morgan fingerprint density at radius 2 is 1.95 bits per heavy atom. The second-order valence-electron chi connectivity index (χ2n) is 6.23. The Bertz CT molecular complexity index is 517. The summed E-state index contributed by atoms with van der Waals surface area (Å²) in [4.78, 5) is 3.35. The van der Waals surface area contributed by atoms with Gasteiger partial charge in [-0.15, -0.1) is 0 Å². The van der Waals surface area contributed by atoms with E-state index in [0.717, 1.165) is 18.1 Å². The molecule has 2 saturated heterocycles. The van der Waals surface area contributed by atoms with Crippen LogP contribution in [0.1, 0.15) is 32.1 Å². The molecule has 0 aromatic rings. The van der Waals surface area contributed by atoms with Crippen molar-refractivity contribution in [3.63, 3.8) is 0 Å². The Balaban J connectivity index is 1.49. The van der Waals surface area contributed by atoms with Gasteiger partial charge in [-0.25, -0.2) is 0 Å². The third kappa shape index (κ3) is 2.46. The van der Waals surface area contributed by atoms with Gasteiger partial charge in [0.05, 0.1) is 17.1 Å². The van der Waals surface area contributed by atoms with Crippen molar-refractivity contribution in [1.29, 1.82) is 0 Å². The fourth-order valence-corrected chi connectivity index (χ4v) is 4.54. The van der Waals surface area contributed by atoms with E-state index in [1.165, 1.54) is 32.1 Å². The van der Waals surface area contributed by atoms with E-state index in [1.54, 1.807) is 11.3 Å². The molecule has 0 amide bonds. The molecule has 0 spiro atoms. The van der Waals surface area contributed by atoms with Crippen LogP contribution in [0.3, 0.4) is 0 Å². The summed E-state index contributed by atoms with van der Waals surface area (Å²) >= 11 is 10.6. The van der Waals surface area contributed by atoms with Crippen LogP contribution >= 0.6 is 24.4 Å². The summed E-state index contributed by atoms with van der Waals surface area (Å²) in [5.74, 6) is 0.255. The van der Waals surface area contributed by atoms with Gasteiger partial charge in [0, 0.05) is 18.8 Å². The highest BCUT2D eigenvalue weighted by Gasteiger charge is 2.39. The van der Waals surface area contributed by atoms with Crippen molar-refractivity contribution < 1.29 is 0 Å². The number of thiocarbonyl (C=S) groups is 2. The van der Waals surface area contributed by atoms with Gasteiger partial charge in [-0.05, 0) is 49.9 Å². The van der Waals surface area contributed by atoms with Crippen molar-refractivity contribution >= 4 is 34.5 Å². The third-order valence-corrected chi connectivity index (χ3v) is 5.62. The lowest BCUT2D eigenvalue weighted by atomic mass is 9.96. The first-order chi connectivity index (χ1) is 10.2. The van der Waals surface area contributed by atoms with E-state index in [1.807, 2.05) is 0 Å². The molecule has 1 aliphatic carbocycles. The lowest BCUT2D eigenvalue weighted by molar-refractivity contribution is 0.117. The van der Waals surface area contributed by atoms with Crippen LogP contribution in [0.4, 0.5) is 0 Å². The van der Waals surface area contributed by atoms with Crippen LogP contribution in [0.2, 0.25) is 0 Å². The number of nitrogens with one attached hydrogen (secondary N) is 4. The molecule has 3 atom stereocenters. The maximum Gasteiger partial charge on any atom is 0.172 e. The second kappa shape index (κ2) is 5.46. The van der Waals surface area contributed by atoms with Crippen LogP contribution in [0.15, 0.2) is 11.3 Å². The molecule has 7 heteroatoms. The zero-order chi connectivity index (χ0) is 14.4. The molecule has 3 unspecified atom stereocenters. The van der Waals surface area contributed by atoms with E-state index < -0.39 is 0 Å². The van der Waals surface area contributed by atoms with Gasteiger partial charge in [-0.1, -0.05) is 12.2 Å². The van der Waals surface area contributed by atoms with Gasteiger partial charge in [0.15, 0.2) is 5.11 Å². The maximum atomic E-state index is 5.41. The summed E-state index contributed by atoms with van der Waals surface area (Å²) in [5, 5.41) is 14.3. The van der Waals surface area contributed by atoms with Gasteiger partial charge in [0.1, 0.15) is 6.29 Å². The van der Waals surface area contributed by atoms with Crippen molar-refractivity contribution in [1.82, 2.24) is 26.2 Å². The molecule has 0 aromatic carbocycles. The van der Waals surface area contributed by atoms with E-state index in [2.05, 4.69) is 26.2 Å². The van der Waals surface area contributed by atoms with E-state index >= 15 is 0 Å². The molecule has 114 valence electrons. The van der Waals surface area contributed by atoms with Crippen LogP contribution in [0.25, 0.3) is 0 Å². The predicted molar refractivity (Wildman–Crippen MR) is 90.5 cm³/mol. The number of fused-ring (bicyclic) bond motifs is 1. The van der Waals surface area contributed by atoms with Crippen molar-refractivity contribution in [2.45, 2.75) is 44.6 Å². The summed E-state index contributed by atoms with van der Waals surface area (Å²) in [7, 11) is 0. The van der Waals surface area contributed by atoms with Gasteiger partial charge in [-0.3, -0.25) is 10.6 Å². The van der Waals surface area contributed by atoms with Crippen molar-refractivity contribution in [3.8, 4) is 0 Å². The zero-order valence-electron chi connectivity index (χ0n) is 11.9. The number of nitrogens with zero attached hydrogens (tertiary/aromatic N) is 1. The fraction of sp³-hybridized carbons (Fsp3) is 0.714. The normalized spacial score (nSPS) is 36.0. The van der Waals surface area contributed by atoms with E-state index in [9.17, 15) is 0 Å². The van der Waals surface area contributed by atoms with Crippen LogP contribution in [-0.4, -0.2) is 40.5 Å². The first-order valence-corrected chi connectivity index (χ1v) is 8.62. The lowest BCUT2D eigenvalue weighted by Gasteiger charge is -2.46. The summed E-state index contributed by atoms with van der Waals surface area (Å²) in [6.45, 7) is 2.00. The van der Waals surface area contributed by atoms with Crippen LogP contribution in [0.5, 0.6) is 0 Å². The molecule has 0 aromatic heterocycles. The smallest absolute Gasteiger partial charge is 0.172 e. The molecule has 21 heavy (non-hydrogen) atoms. The molecule has 3 heterocycles. The van der Waals surface area contributed by atoms with Gasteiger partial charge < -0.3 is 15.5 Å².